The summed E-state index contributed by atoms with van der Waals surface area (Å²) in [5, 5.41) is 11.5. The topological polar surface area (TPSA) is 101 Å². The van der Waals surface area contributed by atoms with Crippen LogP contribution in [0.25, 0.3) is 0 Å². The van der Waals surface area contributed by atoms with Gasteiger partial charge < -0.3 is 10.4 Å². The van der Waals surface area contributed by atoms with Gasteiger partial charge in [-0.15, -0.1) is 0 Å². The van der Waals surface area contributed by atoms with Crippen molar-refractivity contribution in [2.24, 2.45) is 5.92 Å². The Labute approximate surface area is 107 Å². The van der Waals surface area contributed by atoms with Crippen LogP contribution in [0.5, 0.6) is 0 Å². The summed E-state index contributed by atoms with van der Waals surface area (Å²) in [6.07, 6.45) is 2.46. The van der Waals surface area contributed by atoms with Gasteiger partial charge in [-0.3, -0.25) is 9.59 Å². The van der Waals surface area contributed by atoms with Gasteiger partial charge in [-0.1, -0.05) is 0 Å². The van der Waals surface area contributed by atoms with E-state index in [0.29, 0.717) is 19.3 Å². The van der Waals surface area contributed by atoms with Crippen LogP contribution in [0.4, 0.5) is 0 Å². The summed E-state index contributed by atoms with van der Waals surface area (Å²) in [6, 6.07) is -0.250. The summed E-state index contributed by atoms with van der Waals surface area (Å²) < 4.78 is 21.5. The highest BCUT2D eigenvalue weighted by Gasteiger charge is 2.40. The molecule has 104 valence electrons. The van der Waals surface area contributed by atoms with Crippen LogP contribution in [0.3, 0.4) is 0 Å². The van der Waals surface area contributed by atoms with Gasteiger partial charge in [0, 0.05) is 12.3 Å². The second-order valence-electron chi connectivity index (χ2n) is 5.30. The third-order valence-electron chi connectivity index (χ3n) is 3.59. The smallest absolute Gasteiger partial charge is 0.306 e. The molecule has 1 amide bonds. The fourth-order valence-electron chi connectivity index (χ4n) is 1.86. The standard InChI is InChI=1S/C11H19NO5S/c1-11(2,18(3,16)17)10(15)12-8-5-4-7(6-8)9(13)14/h7-8H,4-6H2,1-3H3,(H,12,15)(H,13,14). The average molecular weight is 277 g/mol. The van der Waals surface area contributed by atoms with Gasteiger partial charge in [-0.2, -0.15) is 0 Å². The molecule has 2 atom stereocenters. The molecule has 0 aromatic carbocycles. The number of carboxylic acid groups (broad SMARTS) is 1. The van der Waals surface area contributed by atoms with E-state index in [1.54, 1.807) is 0 Å². The van der Waals surface area contributed by atoms with E-state index in [4.69, 9.17) is 5.11 Å². The summed E-state index contributed by atoms with van der Waals surface area (Å²) in [7, 11) is -3.50. The molecule has 2 unspecified atom stereocenters. The van der Waals surface area contributed by atoms with E-state index in [0.717, 1.165) is 6.26 Å². The van der Waals surface area contributed by atoms with Crippen LogP contribution in [0.15, 0.2) is 0 Å². The Kier molecular flexibility index (Phi) is 4.05. The molecule has 1 rings (SSSR count). The second kappa shape index (κ2) is 4.87. The summed E-state index contributed by atoms with van der Waals surface area (Å²) in [4.78, 5) is 22.7. The molecule has 0 saturated heterocycles. The molecule has 1 aliphatic rings. The third-order valence-corrected chi connectivity index (χ3v) is 5.63. The first kappa shape index (κ1) is 14.9. The number of carboxylic acids is 1. The van der Waals surface area contributed by atoms with Gasteiger partial charge in [0.05, 0.1) is 5.92 Å². The zero-order valence-corrected chi connectivity index (χ0v) is 11.6. The monoisotopic (exact) mass is 277 g/mol. The van der Waals surface area contributed by atoms with Crippen LogP contribution in [0.2, 0.25) is 0 Å². The van der Waals surface area contributed by atoms with Crippen LogP contribution >= 0.6 is 0 Å². The highest BCUT2D eigenvalue weighted by Crippen LogP contribution is 2.26. The molecule has 2 N–H and O–H groups in total. The largest absolute Gasteiger partial charge is 0.481 e. The molecule has 1 saturated carbocycles. The van der Waals surface area contributed by atoms with E-state index in [9.17, 15) is 18.0 Å². The normalized spacial score (nSPS) is 24.8. The first-order chi connectivity index (χ1) is 8.05. The maximum absolute atomic E-state index is 11.9. The number of rotatable bonds is 4. The molecule has 0 aromatic heterocycles. The van der Waals surface area contributed by atoms with Crippen molar-refractivity contribution in [3.8, 4) is 0 Å². The lowest BCUT2D eigenvalue weighted by Crippen LogP contribution is -2.50. The van der Waals surface area contributed by atoms with E-state index in [1.165, 1.54) is 13.8 Å². The fraction of sp³-hybridized carbons (Fsp3) is 0.818. The number of carbonyl (C=O) groups excluding carboxylic acids is 1. The number of sulfone groups is 1. The lowest BCUT2D eigenvalue weighted by molar-refractivity contribution is -0.141. The highest BCUT2D eigenvalue weighted by atomic mass is 32.2. The van der Waals surface area contributed by atoms with Crippen molar-refractivity contribution in [2.45, 2.75) is 43.9 Å². The number of nitrogens with one attached hydrogen (secondary N) is 1. The molecule has 0 aliphatic heterocycles. The molecular weight excluding hydrogens is 258 g/mol. The maximum Gasteiger partial charge on any atom is 0.306 e. The Morgan fingerprint density at radius 3 is 2.22 bits per heavy atom. The van der Waals surface area contributed by atoms with Gasteiger partial charge in [-0.25, -0.2) is 8.42 Å². The molecule has 0 spiro atoms. The van der Waals surface area contributed by atoms with Crippen molar-refractivity contribution in [2.75, 3.05) is 6.26 Å². The minimum Gasteiger partial charge on any atom is -0.481 e. The van der Waals surface area contributed by atoms with Gasteiger partial charge in [0.1, 0.15) is 4.75 Å². The lowest BCUT2D eigenvalue weighted by atomic mass is 10.1. The zero-order valence-electron chi connectivity index (χ0n) is 10.8. The molecule has 18 heavy (non-hydrogen) atoms. The molecule has 0 aromatic rings. The highest BCUT2D eigenvalue weighted by molar-refractivity contribution is 7.92. The van der Waals surface area contributed by atoms with Crippen LogP contribution < -0.4 is 5.32 Å². The van der Waals surface area contributed by atoms with Gasteiger partial charge in [0.25, 0.3) is 0 Å². The summed E-state index contributed by atoms with van der Waals surface area (Å²) in [5.74, 6) is -1.88. The van der Waals surface area contributed by atoms with Crippen molar-refractivity contribution in [1.29, 1.82) is 0 Å². The Balaban J connectivity index is 2.65. The van der Waals surface area contributed by atoms with E-state index in [-0.39, 0.29) is 6.04 Å². The molecule has 7 heteroatoms. The summed E-state index contributed by atoms with van der Waals surface area (Å²) >= 11 is 0. The van der Waals surface area contributed by atoms with Crippen LogP contribution in [-0.4, -0.2) is 42.4 Å². The molecular formula is C11H19NO5S. The number of hydrogen-bond donors (Lipinski definition) is 2. The van der Waals surface area contributed by atoms with Crippen LogP contribution in [0, 0.1) is 5.92 Å². The summed E-state index contributed by atoms with van der Waals surface area (Å²) in [6.45, 7) is 2.70. The van der Waals surface area contributed by atoms with Crippen LogP contribution in [-0.2, 0) is 19.4 Å². The Morgan fingerprint density at radius 2 is 1.83 bits per heavy atom. The van der Waals surface area contributed by atoms with Gasteiger partial charge in [-0.05, 0) is 33.1 Å². The summed E-state index contributed by atoms with van der Waals surface area (Å²) in [5.41, 5.74) is 0. The molecule has 1 fully saturated rings. The second-order valence-corrected chi connectivity index (χ2v) is 7.87. The van der Waals surface area contributed by atoms with Gasteiger partial charge in [0.15, 0.2) is 9.84 Å². The molecule has 0 heterocycles. The molecule has 0 radical (unpaired) electrons. The number of carbonyl (C=O) groups is 2. The minimum atomic E-state index is -3.50. The molecule has 1 aliphatic carbocycles. The first-order valence-corrected chi connectivity index (χ1v) is 7.68. The average Bonchev–Trinajstić information content (AvgIpc) is 2.64. The quantitative estimate of drug-likeness (QED) is 0.763. The zero-order chi connectivity index (χ0) is 14.1. The van der Waals surface area contributed by atoms with Gasteiger partial charge in [0.2, 0.25) is 5.91 Å². The lowest BCUT2D eigenvalue weighted by Gasteiger charge is -2.24. The Morgan fingerprint density at radius 1 is 1.28 bits per heavy atom. The molecule has 0 bridgehead atoms. The molecule has 6 nitrogen and oxygen atoms in total. The van der Waals surface area contributed by atoms with Crippen LogP contribution in [0.1, 0.15) is 33.1 Å². The van der Waals surface area contributed by atoms with Crippen molar-refractivity contribution < 1.29 is 23.1 Å². The van der Waals surface area contributed by atoms with E-state index < -0.39 is 32.4 Å². The van der Waals surface area contributed by atoms with Crippen molar-refractivity contribution in [3.63, 3.8) is 0 Å². The van der Waals surface area contributed by atoms with E-state index >= 15 is 0 Å². The predicted octanol–water partition coefficient (Wildman–Crippen LogP) is 0.179. The van der Waals surface area contributed by atoms with Crippen molar-refractivity contribution in [3.05, 3.63) is 0 Å². The fourth-order valence-corrected chi connectivity index (χ4v) is 2.26. The number of aliphatic carboxylic acids is 1. The van der Waals surface area contributed by atoms with Crippen molar-refractivity contribution in [1.82, 2.24) is 5.32 Å². The number of hydrogen-bond acceptors (Lipinski definition) is 4. The van der Waals surface area contributed by atoms with E-state index in [2.05, 4.69) is 5.32 Å². The Bertz CT molecular complexity index is 454. The van der Waals surface area contributed by atoms with E-state index in [1.807, 2.05) is 0 Å². The Hall–Kier alpha value is -1.11. The minimum absolute atomic E-state index is 0.250. The first-order valence-electron chi connectivity index (χ1n) is 5.79. The third kappa shape index (κ3) is 3.01. The SMILES string of the molecule is CC(C)(C(=O)NC1CCC(C(=O)O)C1)S(C)(=O)=O. The predicted molar refractivity (Wildman–Crippen MR) is 65.8 cm³/mol. The van der Waals surface area contributed by atoms with Crippen molar-refractivity contribution >= 4 is 21.7 Å². The number of amides is 1. The maximum atomic E-state index is 11.9. The van der Waals surface area contributed by atoms with Gasteiger partial charge >= 0.3 is 5.97 Å².